The maximum Gasteiger partial charge on any atom is 0.0630 e. The van der Waals surface area contributed by atoms with Crippen molar-refractivity contribution in [3.05, 3.63) is 65.2 Å². The second kappa shape index (κ2) is 5.44. The number of aryl methyl sites for hydroxylation is 2. The second-order valence-electron chi connectivity index (χ2n) is 4.19. The Labute approximate surface area is 103 Å². The molecule has 0 bridgehead atoms. The highest BCUT2D eigenvalue weighted by molar-refractivity contribution is 5.81. The normalized spacial score (nSPS) is 10.9. The molecule has 86 valence electrons. The van der Waals surface area contributed by atoms with Crippen LogP contribution < -0.4 is 0 Å². The van der Waals surface area contributed by atoms with Crippen molar-refractivity contribution in [2.24, 2.45) is 4.99 Å². The predicted molar refractivity (Wildman–Crippen MR) is 74.3 cm³/mol. The molecule has 2 rings (SSSR count). The SMILES string of the molecule is CCc1ccc(/N=C/c2ccc(C)cc2)cc1. The van der Waals surface area contributed by atoms with Crippen LogP contribution >= 0.6 is 0 Å². The van der Waals surface area contributed by atoms with Crippen LogP contribution in [0, 0.1) is 6.92 Å². The van der Waals surface area contributed by atoms with Crippen LogP contribution in [-0.2, 0) is 6.42 Å². The van der Waals surface area contributed by atoms with Gasteiger partial charge in [-0.1, -0.05) is 48.9 Å². The van der Waals surface area contributed by atoms with E-state index in [1.165, 1.54) is 11.1 Å². The third-order valence-electron chi connectivity index (χ3n) is 2.78. The van der Waals surface area contributed by atoms with E-state index < -0.39 is 0 Å². The molecule has 0 atom stereocenters. The van der Waals surface area contributed by atoms with E-state index in [1.807, 2.05) is 6.21 Å². The molecule has 0 unspecified atom stereocenters. The van der Waals surface area contributed by atoms with Gasteiger partial charge in [0, 0.05) is 6.21 Å². The van der Waals surface area contributed by atoms with E-state index in [0.29, 0.717) is 0 Å². The van der Waals surface area contributed by atoms with Crippen LogP contribution in [0.5, 0.6) is 0 Å². The van der Waals surface area contributed by atoms with Gasteiger partial charge in [-0.05, 0) is 36.6 Å². The zero-order valence-electron chi connectivity index (χ0n) is 10.4. The zero-order valence-corrected chi connectivity index (χ0v) is 10.4. The molecule has 17 heavy (non-hydrogen) atoms. The summed E-state index contributed by atoms with van der Waals surface area (Å²) in [4.78, 5) is 4.46. The fraction of sp³-hybridized carbons (Fsp3) is 0.188. The van der Waals surface area contributed by atoms with Crippen LogP contribution in [0.2, 0.25) is 0 Å². The Morgan fingerprint density at radius 3 is 2.18 bits per heavy atom. The molecule has 0 aromatic heterocycles. The van der Waals surface area contributed by atoms with Gasteiger partial charge in [-0.3, -0.25) is 4.99 Å². The molecule has 2 aromatic rings. The fourth-order valence-corrected chi connectivity index (χ4v) is 1.62. The molecule has 1 heteroatoms. The molecule has 0 aliphatic rings. The largest absolute Gasteiger partial charge is 0.256 e. The summed E-state index contributed by atoms with van der Waals surface area (Å²) in [5.74, 6) is 0. The molecule has 0 fully saturated rings. The van der Waals surface area contributed by atoms with Crippen molar-refractivity contribution in [3.63, 3.8) is 0 Å². The summed E-state index contributed by atoms with van der Waals surface area (Å²) in [7, 11) is 0. The first-order valence-electron chi connectivity index (χ1n) is 5.97. The van der Waals surface area contributed by atoms with Gasteiger partial charge >= 0.3 is 0 Å². The molecular weight excluding hydrogens is 206 g/mol. The monoisotopic (exact) mass is 223 g/mol. The van der Waals surface area contributed by atoms with Gasteiger partial charge in [-0.15, -0.1) is 0 Å². The first-order chi connectivity index (χ1) is 8.28. The predicted octanol–water partition coefficient (Wildman–Crippen LogP) is 4.31. The standard InChI is InChI=1S/C16H17N/c1-3-14-8-10-16(11-9-14)17-12-15-6-4-13(2)5-7-15/h4-12H,3H2,1-2H3/b17-12+. The molecule has 0 amide bonds. The molecule has 0 saturated carbocycles. The van der Waals surface area contributed by atoms with Crippen LogP contribution in [0.4, 0.5) is 5.69 Å². The first-order valence-corrected chi connectivity index (χ1v) is 5.97. The molecular formula is C16H17N. The lowest BCUT2D eigenvalue weighted by Gasteiger charge is -1.97. The van der Waals surface area contributed by atoms with Crippen LogP contribution in [0.25, 0.3) is 0 Å². The maximum atomic E-state index is 4.46. The highest BCUT2D eigenvalue weighted by Gasteiger charge is 1.91. The fourth-order valence-electron chi connectivity index (χ4n) is 1.62. The highest BCUT2D eigenvalue weighted by Crippen LogP contribution is 2.13. The number of nitrogens with zero attached hydrogens (tertiary/aromatic N) is 1. The number of rotatable bonds is 3. The van der Waals surface area contributed by atoms with Gasteiger partial charge in [-0.2, -0.15) is 0 Å². The Balaban J connectivity index is 2.11. The van der Waals surface area contributed by atoms with Crippen LogP contribution in [-0.4, -0.2) is 6.21 Å². The van der Waals surface area contributed by atoms with E-state index in [1.54, 1.807) is 0 Å². The van der Waals surface area contributed by atoms with E-state index >= 15 is 0 Å². The summed E-state index contributed by atoms with van der Waals surface area (Å²) < 4.78 is 0. The maximum absolute atomic E-state index is 4.46. The van der Waals surface area contributed by atoms with Crippen LogP contribution in [0.15, 0.2) is 53.5 Å². The third-order valence-corrected chi connectivity index (χ3v) is 2.78. The van der Waals surface area contributed by atoms with Gasteiger partial charge in [0.1, 0.15) is 0 Å². The summed E-state index contributed by atoms with van der Waals surface area (Å²) >= 11 is 0. The number of aliphatic imine (C=N–C) groups is 1. The lowest BCUT2D eigenvalue weighted by molar-refractivity contribution is 1.14. The molecule has 0 spiro atoms. The molecule has 1 nitrogen and oxygen atoms in total. The third kappa shape index (κ3) is 3.28. The van der Waals surface area contributed by atoms with Gasteiger partial charge in [0.05, 0.1) is 5.69 Å². The topological polar surface area (TPSA) is 12.4 Å². The van der Waals surface area contributed by atoms with Crippen LogP contribution in [0.3, 0.4) is 0 Å². The molecule has 0 saturated heterocycles. The average Bonchev–Trinajstić information content (AvgIpc) is 2.39. The van der Waals surface area contributed by atoms with E-state index in [0.717, 1.165) is 17.7 Å². The van der Waals surface area contributed by atoms with E-state index in [4.69, 9.17) is 0 Å². The van der Waals surface area contributed by atoms with Gasteiger partial charge in [-0.25, -0.2) is 0 Å². The Hall–Kier alpha value is -1.89. The Morgan fingerprint density at radius 2 is 1.59 bits per heavy atom. The van der Waals surface area contributed by atoms with E-state index in [-0.39, 0.29) is 0 Å². The minimum Gasteiger partial charge on any atom is -0.256 e. The summed E-state index contributed by atoms with van der Waals surface area (Å²) in [6.07, 6.45) is 2.97. The second-order valence-corrected chi connectivity index (χ2v) is 4.19. The van der Waals surface area contributed by atoms with Crippen molar-refractivity contribution in [3.8, 4) is 0 Å². The number of hydrogen-bond donors (Lipinski definition) is 0. The van der Waals surface area contributed by atoms with Gasteiger partial charge in [0.25, 0.3) is 0 Å². The molecule has 0 aliphatic heterocycles. The van der Waals surface area contributed by atoms with Gasteiger partial charge < -0.3 is 0 Å². The summed E-state index contributed by atoms with van der Waals surface area (Å²) in [5, 5.41) is 0. The quantitative estimate of drug-likeness (QED) is 0.688. The zero-order chi connectivity index (χ0) is 12.1. The first kappa shape index (κ1) is 11.6. The minimum atomic E-state index is 1.00. The lowest BCUT2D eigenvalue weighted by atomic mass is 10.1. The Bertz CT molecular complexity index is 492. The Morgan fingerprint density at radius 1 is 0.941 bits per heavy atom. The van der Waals surface area contributed by atoms with Gasteiger partial charge in [0.2, 0.25) is 0 Å². The molecule has 0 radical (unpaired) electrons. The van der Waals surface area contributed by atoms with Gasteiger partial charge in [0.15, 0.2) is 0 Å². The summed E-state index contributed by atoms with van der Waals surface area (Å²) in [6, 6.07) is 16.7. The van der Waals surface area contributed by atoms with E-state index in [2.05, 4.69) is 67.4 Å². The molecule has 2 aromatic carbocycles. The van der Waals surface area contributed by atoms with Crippen molar-refractivity contribution < 1.29 is 0 Å². The van der Waals surface area contributed by atoms with Crippen LogP contribution in [0.1, 0.15) is 23.6 Å². The average molecular weight is 223 g/mol. The molecule has 0 aliphatic carbocycles. The number of benzene rings is 2. The molecule has 0 heterocycles. The van der Waals surface area contributed by atoms with Crippen molar-refractivity contribution in [2.45, 2.75) is 20.3 Å². The highest BCUT2D eigenvalue weighted by atomic mass is 14.7. The summed E-state index contributed by atoms with van der Waals surface area (Å²) in [6.45, 7) is 4.25. The van der Waals surface area contributed by atoms with Crippen molar-refractivity contribution in [2.75, 3.05) is 0 Å². The van der Waals surface area contributed by atoms with Crippen molar-refractivity contribution >= 4 is 11.9 Å². The van der Waals surface area contributed by atoms with Crippen molar-refractivity contribution in [1.82, 2.24) is 0 Å². The summed E-state index contributed by atoms with van der Waals surface area (Å²) in [5.41, 5.74) is 4.76. The smallest absolute Gasteiger partial charge is 0.0630 e. The lowest BCUT2D eigenvalue weighted by Crippen LogP contribution is -1.81. The number of hydrogen-bond acceptors (Lipinski definition) is 1. The minimum absolute atomic E-state index is 1.00. The Kier molecular flexibility index (Phi) is 3.71. The molecule has 0 N–H and O–H groups in total. The van der Waals surface area contributed by atoms with E-state index in [9.17, 15) is 0 Å². The van der Waals surface area contributed by atoms with Crippen molar-refractivity contribution in [1.29, 1.82) is 0 Å².